The van der Waals surface area contributed by atoms with Gasteiger partial charge >= 0.3 is 0 Å². The maximum Gasteiger partial charge on any atom is 0.217 e. The second-order valence-corrected chi connectivity index (χ2v) is 9.57. The molecule has 4 unspecified atom stereocenters. The van der Waals surface area contributed by atoms with Gasteiger partial charge in [-0.25, -0.2) is 8.78 Å². The molecule has 3 N–H and O–H groups in total. The Balaban J connectivity index is 2.21. The molecular formula is C23H36F2N2O2. The number of rotatable bonds is 8. The van der Waals surface area contributed by atoms with Gasteiger partial charge in [0.1, 0.15) is 11.6 Å². The fourth-order valence-electron chi connectivity index (χ4n) is 4.47. The van der Waals surface area contributed by atoms with Crippen molar-refractivity contribution in [3.05, 3.63) is 35.4 Å². The first-order chi connectivity index (χ1) is 13.6. The predicted molar refractivity (Wildman–Crippen MR) is 112 cm³/mol. The van der Waals surface area contributed by atoms with E-state index in [1.807, 2.05) is 0 Å². The molecule has 2 rings (SSSR count). The smallest absolute Gasteiger partial charge is 0.217 e. The van der Waals surface area contributed by atoms with Crippen LogP contribution < -0.4 is 10.6 Å². The summed E-state index contributed by atoms with van der Waals surface area (Å²) in [5.74, 6) is -1.99. The molecule has 164 valence electrons. The van der Waals surface area contributed by atoms with E-state index in [1.54, 1.807) is 0 Å². The molecule has 0 aliphatic carbocycles. The highest BCUT2D eigenvalue weighted by Crippen LogP contribution is 2.32. The first-order valence-corrected chi connectivity index (χ1v) is 10.7. The van der Waals surface area contributed by atoms with Crippen LogP contribution in [0.1, 0.15) is 77.7 Å². The van der Waals surface area contributed by atoms with Gasteiger partial charge in [-0.15, -0.1) is 0 Å². The second kappa shape index (κ2) is 10.5. The quantitative estimate of drug-likeness (QED) is 0.600. The van der Waals surface area contributed by atoms with Gasteiger partial charge in [0.2, 0.25) is 5.91 Å². The molecule has 4 nitrogen and oxygen atoms in total. The first kappa shape index (κ1) is 23.7. The van der Waals surface area contributed by atoms with Crippen LogP contribution in [0.25, 0.3) is 0 Å². The Morgan fingerprint density at radius 1 is 1.24 bits per heavy atom. The largest absolute Gasteiger partial charge is 0.394 e. The molecule has 1 fully saturated rings. The van der Waals surface area contributed by atoms with Crippen LogP contribution in [0.3, 0.4) is 0 Å². The summed E-state index contributed by atoms with van der Waals surface area (Å²) < 4.78 is 27.9. The number of aliphatic hydroxyl groups is 1. The van der Waals surface area contributed by atoms with Crippen LogP contribution in [0.15, 0.2) is 18.2 Å². The lowest BCUT2D eigenvalue weighted by atomic mass is 9.79. The minimum atomic E-state index is -0.651. The van der Waals surface area contributed by atoms with Gasteiger partial charge in [-0.05, 0) is 48.8 Å². The van der Waals surface area contributed by atoms with Crippen molar-refractivity contribution in [3.8, 4) is 0 Å². The zero-order valence-corrected chi connectivity index (χ0v) is 18.1. The van der Waals surface area contributed by atoms with E-state index in [0.29, 0.717) is 17.0 Å². The minimum absolute atomic E-state index is 0.0754. The highest BCUT2D eigenvalue weighted by molar-refractivity contribution is 5.73. The van der Waals surface area contributed by atoms with E-state index in [1.165, 1.54) is 19.1 Å². The molecule has 29 heavy (non-hydrogen) atoms. The Hall–Kier alpha value is -1.53. The van der Waals surface area contributed by atoms with Crippen LogP contribution in [0.2, 0.25) is 0 Å². The first-order valence-electron chi connectivity index (χ1n) is 10.7. The van der Waals surface area contributed by atoms with Crippen LogP contribution in [0.5, 0.6) is 0 Å². The number of aliphatic hydroxyl groups excluding tert-OH is 1. The van der Waals surface area contributed by atoms with Crippen molar-refractivity contribution in [1.82, 2.24) is 10.6 Å². The van der Waals surface area contributed by atoms with Gasteiger partial charge in [0, 0.05) is 31.0 Å². The summed E-state index contributed by atoms with van der Waals surface area (Å²) in [4.78, 5) is 11.7. The SMILES string of the molecule is CC(=O)NC(CO)C(c1cc(F)cc(F)c1)C1CCCC(CCCC(C)(C)C)N1. The summed E-state index contributed by atoms with van der Waals surface area (Å²) in [7, 11) is 0. The van der Waals surface area contributed by atoms with Crippen LogP contribution in [0.4, 0.5) is 8.78 Å². The fourth-order valence-corrected chi connectivity index (χ4v) is 4.47. The van der Waals surface area contributed by atoms with Gasteiger partial charge in [0.25, 0.3) is 0 Å². The summed E-state index contributed by atoms with van der Waals surface area (Å²) in [6.45, 7) is 7.79. The van der Waals surface area contributed by atoms with Crippen LogP contribution in [-0.4, -0.2) is 35.7 Å². The van der Waals surface area contributed by atoms with E-state index in [4.69, 9.17) is 0 Å². The third-order valence-corrected chi connectivity index (χ3v) is 5.72. The number of nitrogens with one attached hydrogen (secondary N) is 2. The molecule has 0 saturated carbocycles. The highest BCUT2D eigenvalue weighted by atomic mass is 19.1. The molecule has 0 aromatic heterocycles. The lowest BCUT2D eigenvalue weighted by Gasteiger charge is -2.40. The van der Waals surface area contributed by atoms with E-state index in [2.05, 4.69) is 31.4 Å². The Morgan fingerprint density at radius 3 is 2.45 bits per heavy atom. The third-order valence-electron chi connectivity index (χ3n) is 5.72. The lowest BCUT2D eigenvalue weighted by Crippen LogP contribution is -2.53. The topological polar surface area (TPSA) is 61.4 Å². The number of carbonyl (C=O) groups is 1. The maximum atomic E-state index is 13.9. The van der Waals surface area contributed by atoms with Gasteiger partial charge in [-0.1, -0.05) is 33.6 Å². The number of hydrogen-bond acceptors (Lipinski definition) is 3. The summed E-state index contributed by atoms with van der Waals surface area (Å²) in [6, 6.07) is 3.10. The molecule has 4 atom stereocenters. The predicted octanol–water partition coefficient (Wildman–Crippen LogP) is 4.27. The third kappa shape index (κ3) is 7.67. The molecular weight excluding hydrogens is 374 g/mol. The molecule has 1 amide bonds. The fraction of sp³-hybridized carbons (Fsp3) is 0.696. The summed E-state index contributed by atoms with van der Waals surface area (Å²) >= 11 is 0. The van der Waals surface area contributed by atoms with Gasteiger partial charge in [0.15, 0.2) is 0 Å². The van der Waals surface area contributed by atoms with E-state index >= 15 is 0 Å². The number of carbonyl (C=O) groups excluding carboxylic acids is 1. The number of halogens is 2. The van der Waals surface area contributed by atoms with Crippen molar-refractivity contribution >= 4 is 5.91 Å². The molecule has 1 aromatic rings. The maximum absolute atomic E-state index is 13.9. The molecule has 0 spiro atoms. The Kier molecular flexibility index (Phi) is 8.58. The van der Waals surface area contributed by atoms with E-state index < -0.39 is 23.6 Å². The molecule has 1 saturated heterocycles. The van der Waals surface area contributed by atoms with Crippen molar-refractivity contribution in [2.24, 2.45) is 5.41 Å². The van der Waals surface area contributed by atoms with Crippen LogP contribution >= 0.6 is 0 Å². The summed E-state index contributed by atoms with van der Waals surface area (Å²) in [5.41, 5.74) is 0.756. The van der Waals surface area contributed by atoms with Gasteiger partial charge < -0.3 is 15.7 Å². The molecule has 1 aromatic carbocycles. The average Bonchev–Trinajstić information content (AvgIpc) is 2.59. The normalized spacial score (nSPS) is 22.2. The summed E-state index contributed by atoms with van der Waals surface area (Å²) in [5, 5.41) is 16.4. The van der Waals surface area contributed by atoms with Crippen molar-refractivity contribution in [2.45, 2.75) is 90.3 Å². The van der Waals surface area contributed by atoms with Gasteiger partial charge in [-0.3, -0.25) is 4.79 Å². The van der Waals surface area contributed by atoms with E-state index in [0.717, 1.165) is 44.6 Å². The number of piperidine rings is 1. The van der Waals surface area contributed by atoms with Crippen molar-refractivity contribution < 1.29 is 18.7 Å². The molecule has 1 aliphatic rings. The van der Waals surface area contributed by atoms with Crippen molar-refractivity contribution in [2.75, 3.05) is 6.61 Å². The minimum Gasteiger partial charge on any atom is -0.394 e. The molecule has 0 bridgehead atoms. The zero-order valence-electron chi connectivity index (χ0n) is 18.1. The monoisotopic (exact) mass is 410 g/mol. The molecule has 1 aliphatic heterocycles. The lowest BCUT2D eigenvalue weighted by molar-refractivity contribution is -0.120. The van der Waals surface area contributed by atoms with Crippen LogP contribution in [0, 0.1) is 17.0 Å². The number of benzene rings is 1. The van der Waals surface area contributed by atoms with E-state index in [-0.39, 0.29) is 18.6 Å². The second-order valence-electron chi connectivity index (χ2n) is 9.57. The Morgan fingerprint density at radius 2 is 1.90 bits per heavy atom. The Bertz CT molecular complexity index is 655. The van der Waals surface area contributed by atoms with Crippen LogP contribution in [-0.2, 0) is 4.79 Å². The molecule has 0 radical (unpaired) electrons. The van der Waals surface area contributed by atoms with Crippen molar-refractivity contribution in [3.63, 3.8) is 0 Å². The van der Waals surface area contributed by atoms with Gasteiger partial charge in [-0.2, -0.15) is 0 Å². The average molecular weight is 411 g/mol. The van der Waals surface area contributed by atoms with Crippen molar-refractivity contribution in [1.29, 1.82) is 0 Å². The van der Waals surface area contributed by atoms with Gasteiger partial charge in [0.05, 0.1) is 12.6 Å². The molecule has 1 heterocycles. The number of amides is 1. The zero-order chi connectivity index (χ0) is 21.6. The molecule has 6 heteroatoms. The summed E-state index contributed by atoms with van der Waals surface area (Å²) in [6.07, 6.45) is 6.19. The Labute approximate surface area is 173 Å². The highest BCUT2D eigenvalue weighted by Gasteiger charge is 2.35. The number of hydrogen-bond donors (Lipinski definition) is 3. The standard InChI is InChI=1S/C23H36F2N2O2/c1-15(29)26-21(14-28)22(16-11-17(24)13-18(25)12-16)20-9-5-7-19(27-20)8-6-10-23(2,3)4/h11-13,19-22,27-28H,5-10,14H2,1-4H3,(H,26,29). The van der Waals surface area contributed by atoms with E-state index in [9.17, 15) is 18.7 Å².